The first-order valence-corrected chi connectivity index (χ1v) is 4.52. The van der Waals surface area contributed by atoms with E-state index in [1.807, 2.05) is 6.07 Å². The standard InChI is InChI=1S/C11H9NO2/c12-6-7-4-5-8-9(11(7)14)2-1-3-10(8)13/h4-5,14H,1-3H2. The molecule has 0 bridgehead atoms. The van der Waals surface area contributed by atoms with Crippen LogP contribution in [0.5, 0.6) is 5.75 Å². The van der Waals surface area contributed by atoms with Gasteiger partial charge in [-0.05, 0) is 25.0 Å². The molecule has 0 saturated carbocycles. The Hall–Kier alpha value is -1.82. The van der Waals surface area contributed by atoms with Gasteiger partial charge in [-0.15, -0.1) is 0 Å². The summed E-state index contributed by atoms with van der Waals surface area (Å²) in [5, 5.41) is 18.4. The number of Topliss-reactive ketones (excluding diaryl/α,β-unsaturated/α-hetero) is 1. The number of nitrogens with zero attached hydrogens (tertiary/aromatic N) is 1. The number of benzene rings is 1. The van der Waals surface area contributed by atoms with E-state index in [4.69, 9.17) is 5.26 Å². The molecular weight excluding hydrogens is 178 g/mol. The topological polar surface area (TPSA) is 61.1 Å². The number of aromatic hydroxyl groups is 1. The van der Waals surface area contributed by atoms with Gasteiger partial charge < -0.3 is 5.11 Å². The molecule has 0 fully saturated rings. The number of rotatable bonds is 0. The first-order chi connectivity index (χ1) is 6.74. The maximum atomic E-state index is 11.4. The number of nitriles is 1. The molecule has 1 aromatic rings. The second-order valence-electron chi connectivity index (χ2n) is 3.38. The van der Waals surface area contributed by atoms with Gasteiger partial charge in [0.2, 0.25) is 0 Å². The lowest BCUT2D eigenvalue weighted by molar-refractivity contribution is 0.0971. The van der Waals surface area contributed by atoms with Crippen molar-refractivity contribution < 1.29 is 9.90 Å². The molecule has 0 radical (unpaired) electrons. The van der Waals surface area contributed by atoms with Crippen LogP contribution < -0.4 is 0 Å². The third-order valence-corrected chi connectivity index (χ3v) is 2.53. The molecule has 3 nitrogen and oxygen atoms in total. The Bertz CT molecular complexity index is 443. The summed E-state index contributed by atoms with van der Waals surface area (Å²) in [4.78, 5) is 11.4. The van der Waals surface area contributed by atoms with Crippen LogP contribution in [0.25, 0.3) is 0 Å². The molecular formula is C11H9NO2. The number of phenols is 1. The lowest BCUT2D eigenvalue weighted by atomic mass is 9.88. The third kappa shape index (κ3) is 1.16. The molecule has 0 atom stereocenters. The smallest absolute Gasteiger partial charge is 0.163 e. The average molecular weight is 187 g/mol. The highest BCUT2D eigenvalue weighted by molar-refractivity contribution is 5.99. The molecule has 0 unspecified atom stereocenters. The predicted octanol–water partition coefficient (Wildman–Crippen LogP) is 1.78. The highest BCUT2D eigenvalue weighted by Gasteiger charge is 2.21. The Morgan fingerprint density at radius 1 is 1.36 bits per heavy atom. The molecule has 3 heteroatoms. The average Bonchev–Trinajstić information content (AvgIpc) is 2.20. The van der Waals surface area contributed by atoms with E-state index in [2.05, 4.69) is 0 Å². The Kier molecular flexibility index (Phi) is 1.97. The van der Waals surface area contributed by atoms with Gasteiger partial charge in [-0.3, -0.25) is 4.79 Å². The summed E-state index contributed by atoms with van der Waals surface area (Å²) in [6.45, 7) is 0. The molecule has 0 aliphatic heterocycles. The molecule has 0 heterocycles. The highest BCUT2D eigenvalue weighted by Crippen LogP contribution is 2.31. The zero-order valence-electron chi connectivity index (χ0n) is 7.58. The van der Waals surface area contributed by atoms with E-state index in [1.54, 1.807) is 6.07 Å². The third-order valence-electron chi connectivity index (χ3n) is 2.53. The maximum Gasteiger partial charge on any atom is 0.163 e. The fourth-order valence-electron chi connectivity index (χ4n) is 1.80. The summed E-state index contributed by atoms with van der Waals surface area (Å²) >= 11 is 0. The molecule has 1 aromatic carbocycles. The minimum atomic E-state index is -0.0157. The van der Waals surface area contributed by atoms with Crippen LogP contribution in [-0.4, -0.2) is 10.9 Å². The van der Waals surface area contributed by atoms with Crippen molar-refractivity contribution in [3.63, 3.8) is 0 Å². The fraction of sp³-hybridized carbons (Fsp3) is 0.273. The van der Waals surface area contributed by atoms with Crippen molar-refractivity contribution in [2.75, 3.05) is 0 Å². The van der Waals surface area contributed by atoms with E-state index in [9.17, 15) is 9.90 Å². The second kappa shape index (κ2) is 3.15. The van der Waals surface area contributed by atoms with Crippen LogP contribution in [0.4, 0.5) is 0 Å². The van der Waals surface area contributed by atoms with Gasteiger partial charge >= 0.3 is 0 Å². The Morgan fingerprint density at radius 2 is 2.14 bits per heavy atom. The van der Waals surface area contributed by atoms with Crippen LogP contribution in [0.1, 0.15) is 34.3 Å². The molecule has 0 amide bonds. The van der Waals surface area contributed by atoms with Gasteiger partial charge in [-0.25, -0.2) is 0 Å². The predicted molar refractivity (Wildman–Crippen MR) is 50.1 cm³/mol. The molecule has 0 saturated heterocycles. The largest absolute Gasteiger partial charge is 0.506 e. The van der Waals surface area contributed by atoms with Crippen LogP contribution in [0.2, 0.25) is 0 Å². The summed E-state index contributed by atoms with van der Waals surface area (Å²) in [5.74, 6) is 0.0455. The summed E-state index contributed by atoms with van der Waals surface area (Å²) < 4.78 is 0. The van der Waals surface area contributed by atoms with Crippen LogP contribution in [0.3, 0.4) is 0 Å². The van der Waals surface area contributed by atoms with Crippen molar-refractivity contribution >= 4 is 5.78 Å². The Balaban J connectivity index is 2.64. The second-order valence-corrected chi connectivity index (χ2v) is 3.38. The van der Waals surface area contributed by atoms with Crippen molar-refractivity contribution in [3.05, 3.63) is 28.8 Å². The molecule has 1 N–H and O–H groups in total. The van der Waals surface area contributed by atoms with Crippen molar-refractivity contribution in [1.82, 2.24) is 0 Å². The number of hydrogen-bond acceptors (Lipinski definition) is 3. The number of ketones is 1. The van der Waals surface area contributed by atoms with Gasteiger partial charge in [0.1, 0.15) is 11.8 Å². The molecule has 0 spiro atoms. The van der Waals surface area contributed by atoms with E-state index in [1.165, 1.54) is 6.07 Å². The minimum Gasteiger partial charge on any atom is -0.506 e. The zero-order valence-corrected chi connectivity index (χ0v) is 7.58. The van der Waals surface area contributed by atoms with Gasteiger partial charge in [-0.2, -0.15) is 5.26 Å². The molecule has 70 valence electrons. The summed E-state index contributed by atoms with van der Waals surface area (Å²) in [5.41, 5.74) is 1.46. The normalized spacial score (nSPS) is 14.6. The quantitative estimate of drug-likeness (QED) is 0.673. The van der Waals surface area contributed by atoms with Crippen LogP contribution in [-0.2, 0) is 6.42 Å². The van der Waals surface area contributed by atoms with Crippen LogP contribution >= 0.6 is 0 Å². The molecule has 0 aromatic heterocycles. The van der Waals surface area contributed by atoms with E-state index >= 15 is 0 Å². The fourth-order valence-corrected chi connectivity index (χ4v) is 1.80. The van der Waals surface area contributed by atoms with E-state index in [-0.39, 0.29) is 17.1 Å². The Labute approximate surface area is 81.6 Å². The first-order valence-electron chi connectivity index (χ1n) is 4.52. The molecule has 1 aliphatic rings. The molecule has 14 heavy (non-hydrogen) atoms. The Morgan fingerprint density at radius 3 is 2.86 bits per heavy atom. The van der Waals surface area contributed by atoms with Crippen LogP contribution in [0, 0.1) is 11.3 Å². The number of carbonyl (C=O) groups is 1. The summed E-state index contributed by atoms with van der Waals surface area (Å²) in [6, 6.07) is 5.03. The van der Waals surface area contributed by atoms with Gasteiger partial charge in [0.25, 0.3) is 0 Å². The van der Waals surface area contributed by atoms with Gasteiger partial charge in [0, 0.05) is 17.5 Å². The number of hydrogen-bond donors (Lipinski definition) is 1. The lowest BCUT2D eigenvalue weighted by Gasteiger charge is -2.15. The maximum absolute atomic E-state index is 11.4. The number of fused-ring (bicyclic) bond motifs is 1. The van der Waals surface area contributed by atoms with E-state index in [0.29, 0.717) is 24.0 Å². The van der Waals surface area contributed by atoms with Gasteiger partial charge in [-0.1, -0.05) is 0 Å². The van der Waals surface area contributed by atoms with Gasteiger partial charge in [0.15, 0.2) is 5.78 Å². The summed E-state index contributed by atoms with van der Waals surface area (Å²) in [6.07, 6.45) is 1.98. The zero-order chi connectivity index (χ0) is 10.1. The first kappa shape index (κ1) is 8.76. The van der Waals surface area contributed by atoms with Crippen molar-refractivity contribution in [2.24, 2.45) is 0 Å². The van der Waals surface area contributed by atoms with Crippen molar-refractivity contribution in [3.8, 4) is 11.8 Å². The van der Waals surface area contributed by atoms with Crippen LogP contribution in [0.15, 0.2) is 12.1 Å². The highest BCUT2D eigenvalue weighted by atomic mass is 16.3. The van der Waals surface area contributed by atoms with Crippen molar-refractivity contribution in [2.45, 2.75) is 19.3 Å². The molecule has 2 rings (SSSR count). The summed E-state index contributed by atoms with van der Waals surface area (Å²) in [7, 11) is 0. The monoisotopic (exact) mass is 187 g/mol. The molecule has 1 aliphatic carbocycles. The van der Waals surface area contributed by atoms with Crippen molar-refractivity contribution in [1.29, 1.82) is 5.26 Å². The number of carbonyl (C=O) groups excluding carboxylic acids is 1. The lowest BCUT2D eigenvalue weighted by Crippen LogP contribution is -2.11. The van der Waals surface area contributed by atoms with E-state index in [0.717, 1.165) is 6.42 Å². The number of phenolic OH excluding ortho intramolecular Hbond substituents is 1. The SMILES string of the molecule is N#Cc1ccc2c(c1O)CCCC2=O. The van der Waals surface area contributed by atoms with Gasteiger partial charge in [0.05, 0.1) is 5.56 Å². The minimum absolute atomic E-state index is 0.0157. The van der Waals surface area contributed by atoms with E-state index < -0.39 is 0 Å².